The zero-order valence-electron chi connectivity index (χ0n) is 15.4. The summed E-state index contributed by atoms with van der Waals surface area (Å²) in [6.45, 7) is 1.70. The number of benzene rings is 3. The lowest BCUT2D eigenvalue weighted by molar-refractivity contribution is 0.199. The highest BCUT2D eigenvalue weighted by atomic mass is 19.1. The Kier molecular flexibility index (Phi) is 4.57. The predicted octanol–water partition coefficient (Wildman–Crippen LogP) is 5.03. The van der Waals surface area contributed by atoms with Crippen molar-refractivity contribution >= 4 is 11.0 Å². The van der Waals surface area contributed by atoms with Gasteiger partial charge in [-0.05, 0) is 48.4 Å². The number of methoxy groups -OCH3 is 1. The molecule has 4 nitrogen and oxygen atoms in total. The summed E-state index contributed by atoms with van der Waals surface area (Å²) >= 11 is 0. The third-order valence-corrected chi connectivity index (χ3v) is 4.70. The molecule has 6 heteroatoms. The quantitative estimate of drug-likeness (QED) is 0.540. The van der Waals surface area contributed by atoms with Gasteiger partial charge in [-0.1, -0.05) is 18.2 Å². The number of hydrogen-bond donors (Lipinski definition) is 1. The molecule has 0 fully saturated rings. The van der Waals surface area contributed by atoms with Gasteiger partial charge in [-0.2, -0.15) is 0 Å². The summed E-state index contributed by atoms with van der Waals surface area (Å²) in [7, 11) is 1.35. The van der Waals surface area contributed by atoms with E-state index in [1.54, 1.807) is 19.3 Å². The first kappa shape index (κ1) is 18.1. The van der Waals surface area contributed by atoms with E-state index in [9.17, 15) is 13.9 Å². The number of hydrogen-bond acceptors (Lipinski definition) is 3. The number of aromatic nitrogens is 2. The lowest BCUT2D eigenvalue weighted by Gasteiger charge is -2.12. The van der Waals surface area contributed by atoms with E-state index >= 15 is 0 Å². The van der Waals surface area contributed by atoms with Gasteiger partial charge >= 0.3 is 0 Å². The minimum atomic E-state index is -0.748. The van der Waals surface area contributed by atoms with Crippen LogP contribution < -0.4 is 4.74 Å². The molecule has 0 spiro atoms. The standard InChI is InChI=1S/C22H18F2N2O2/c1-13(27)14-6-7-21-20(9-14)25-12-26(21)17-5-3-4-15(8-17)18-10-16(23)11-19(24)22(18)28-2/h3-13,27H,1-2H3. The van der Waals surface area contributed by atoms with Crippen LogP contribution in [0.1, 0.15) is 18.6 Å². The normalized spacial score (nSPS) is 12.3. The van der Waals surface area contributed by atoms with Gasteiger partial charge in [-0.25, -0.2) is 13.8 Å². The van der Waals surface area contributed by atoms with Crippen molar-refractivity contribution in [2.75, 3.05) is 7.11 Å². The summed E-state index contributed by atoms with van der Waals surface area (Å²) in [4.78, 5) is 4.41. The molecule has 0 bridgehead atoms. The minimum Gasteiger partial charge on any atom is -0.493 e. The fourth-order valence-corrected chi connectivity index (χ4v) is 3.30. The Bertz CT molecular complexity index is 1170. The molecule has 0 aliphatic carbocycles. The van der Waals surface area contributed by atoms with Crippen molar-refractivity contribution in [1.29, 1.82) is 0 Å². The fourth-order valence-electron chi connectivity index (χ4n) is 3.30. The van der Waals surface area contributed by atoms with Crippen LogP contribution in [0, 0.1) is 11.6 Å². The smallest absolute Gasteiger partial charge is 0.168 e. The Labute approximate surface area is 160 Å². The molecule has 0 aliphatic heterocycles. The monoisotopic (exact) mass is 380 g/mol. The third kappa shape index (κ3) is 3.12. The average Bonchev–Trinajstić information content (AvgIpc) is 3.10. The molecule has 1 heterocycles. The molecule has 142 valence electrons. The maximum absolute atomic E-state index is 14.1. The van der Waals surface area contributed by atoms with Gasteiger partial charge in [-0.3, -0.25) is 4.57 Å². The van der Waals surface area contributed by atoms with Crippen molar-refractivity contribution in [1.82, 2.24) is 9.55 Å². The van der Waals surface area contributed by atoms with Gasteiger partial charge in [-0.15, -0.1) is 0 Å². The number of aliphatic hydroxyl groups excluding tert-OH is 1. The Morgan fingerprint density at radius 2 is 1.89 bits per heavy atom. The van der Waals surface area contributed by atoms with Crippen molar-refractivity contribution in [3.8, 4) is 22.6 Å². The van der Waals surface area contributed by atoms with Crippen LogP contribution in [0.3, 0.4) is 0 Å². The van der Waals surface area contributed by atoms with Crippen LogP contribution in [-0.4, -0.2) is 21.8 Å². The van der Waals surface area contributed by atoms with E-state index in [0.29, 0.717) is 11.1 Å². The molecule has 0 saturated carbocycles. The SMILES string of the molecule is COc1c(F)cc(F)cc1-c1cccc(-n2cnc3cc(C(C)O)ccc32)c1. The van der Waals surface area contributed by atoms with Gasteiger partial charge < -0.3 is 9.84 Å². The first-order chi connectivity index (χ1) is 13.5. The second-order valence-electron chi connectivity index (χ2n) is 6.56. The Morgan fingerprint density at radius 3 is 2.64 bits per heavy atom. The van der Waals surface area contributed by atoms with Crippen molar-refractivity contribution in [3.05, 3.63) is 78.1 Å². The zero-order valence-corrected chi connectivity index (χ0v) is 15.4. The molecule has 0 radical (unpaired) electrons. The van der Waals surface area contributed by atoms with Crippen LogP contribution in [0.4, 0.5) is 8.78 Å². The molecule has 0 amide bonds. The van der Waals surface area contributed by atoms with E-state index in [2.05, 4.69) is 4.98 Å². The highest BCUT2D eigenvalue weighted by Crippen LogP contribution is 2.34. The van der Waals surface area contributed by atoms with Crippen LogP contribution in [-0.2, 0) is 0 Å². The maximum atomic E-state index is 14.1. The molecule has 1 N–H and O–H groups in total. The first-order valence-electron chi connectivity index (χ1n) is 8.77. The van der Waals surface area contributed by atoms with Gasteiger partial charge in [0.2, 0.25) is 0 Å². The average molecular weight is 380 g/mol. The Hall–Kier alpha value is -3.25. The highest BCUT2D eigenvalue weighted by molar-refractivity contribution is 5.79. The van der Waals surface area contributed by atoms with Crippen LogP contribution in [0.15, 0.2) is 60.9 Å². The number of aliphatic hydroxyl groups is 1. The van der Waals surface area contributed by atoms with Crippen molar-refractivity contribution in [2.24, 2.45) is 0 Å². The molecule has 4 rings (SSSR count). The second-order valence-corrected chi connectivity index (χ2v) is 6.56. The highest BCUT2D eigenvalue weighted by Gasteiger charge is 2.15. The topological polar surface area (TPSA) is 47.3 Å². The molecular weight excluding hydrogens is 362 g/mol. The number of ether oxygens (including phenoxy) is 1. The van der Waals surface area contributed by atoms with Gasteiger partial charge in [0, 0.05) is 17.3 Å². The van der Waals surface area contributed by atoms with Crippen LogP contribution in [0.25, 0.3) is 27.8 Å². The number of nitrogens with zero attached hydrogens (tertiary/aromatic N) is 2. The predicted molar refractivity (Wildman–Crippen MR) is 104 cm³/mol. The van der Waals surface area contributed by atoms with E-state index in [-0.39, 0.29) is 5.75 Å². The fraction of sp³-hybridized carbons (Fsp3) is 0.136. The molecule has 1 atom stereocenters. The molecule has 1 unspecified atom stereocenters. The van der Waals surface area contributed by atoms with Gasteiger partial charge in [0.05, 0.1) is 24.2 Å². The van der Waals surface area contributed by atoms with Crippen LogP contribution >= 0.6 is 0 Å². The number of halogens is 2. The molecule has 0 saturated heterocycles. The van der Waals surface area contributed by atoms with E-state index in [4.69, 9.17) is 4.74 Å². The van der Waals surface area contributed by atoms with E-state index < -0.39 is 17.7 Å². The molecule has 4 aromatic rings. The molecule has 28 heavy (non-hydrogen) atoms. The number of fused-ring (bicyclic) bond motifs is 1. The lowest BCUT2D eigenvalue weighted by atomic mass is 10.0. The number of imidazole rings is 1. The number of rotatable bonds is 4. The van der Waals surface area contributed by atoms with Gasteiger partial charge in [0.1, 0.15) is 12.1 Å². The minimum absolute atomic E-state index is 0.00406. The molecule has 3 aromatic carbocycles. The summed E-state index contributed by atoms with van der Waals surface area (Å²) < 4.78 is 34.9. The summed E-state index contributed by atoms with van der Waals surface area (Å²) in [6, 6.07) is 14.9. The molecule has 0 aliphatic rings. The van der Waals surface area contributed by atoms with Crippen molar-refractivity contribution in [3.63, 3.8) is 0 Å². The zero-order chi connectivity index (χ0) is 19.8. The third-order valence-electron chi connectivity index (χ3n) is 4.70. The van der Waals surface area contributed by atoms with Gasteiger partial charge in [0.25, 0.3) is 0 Å². The molecular formula is C22H18F2N2O2. The van der Waals surface area contributed by atoms with Crippen molar-refractivity contribution < 1.29 is 18.6 Å². The van der Waals surface area contributed by atoms with Gasteiger partial charge in [0.15, 0.2) is 11.6 Å². The Morgan fingerprint density at radius 1 is 1.07 bits per heavy atom. The maximum Gasteiger partial charge on any atom is 0.168 e. The van der Waals surface area contributed by atoms with E-state index in [1.165, 1.54) is 13.2 Å². The van der Waals surface area contributed by atoms with E-state index in [0.717, 1.165) is 28.4 Å². The van der Waals surface area contributed by atoms with E-state index in [1.807, 2.05) is 41.0 Å². The molecule has 1 aromatic heterocycles. The summed E-state index contributed by atoms with van der Waals surface area (Å²) in [6.07, 6.45) is 1.10. The first-order valence-corrected chi connectivity index (χ1v) is 8.77. The summed E-state index contributed by atoms with van der Waals surface area (Å²) in [5, 5.41) is 9.76. The van der Waals surface area contributed by atoms with Crippen molar-refractivity contribution in [2.45, 2.75) is 13.0 Å². The van der Waals surface area contributed by atoms with Crippen LogP contribution in [0.2, 0.25) is 0 Å². The lowest BCUT2D eigenvalue weighted by Crippen LogP contribution is -1.96. The largest absolute Gasteiger partial charge is 0.493 e. The second kappa shape index (κ2) is 7.05. The summed E-state index contributed by atoms with van der Waals surface area (Å²) in [5.74, 6) is -1.42. The Balaban J connectivity index is 1.84. The summed E-state index contributed by atoms with van der Waals surface area (Å²) in [5.41, 5.74) is 4.14. The van der Waals surface area contributed by atoms with Crippen LogP contribution in [0.5, 0.6) is 5.75 Å².